The fourth-order valence-electron chi connectivity index (χ4n) is 5.28. The summed E-state index contributed by atoms with van der Waals surface area (Å²) < 4.78 is 12.6. The summed E-state index contributed by atoms with van der Waals surface area (Å²) in [6.07, 6.45) is 2.05. The highest BCUT2D eigenvalue weighted by Gasteiger charge is 2.60. The molecule has 0 saturated carbocycles. The van der Waals surface area contributed by atoms with Gasteiger partial charge < -0.3 is 14.1 Å². The number of hydrogen-bond acceptors (Lipinski definition) is 4. The molecule has 33 heavy (non-hydrogen) atoms. The number of fused-ring (bicyclic) bond motifs is 1. The lowest BCUT2D eigenvalue weighted by Gasteiger charge is -2.45. The zero-order chi connectivity index (χ0) is 23.8. The van der Waals surface area contributed by atoms with Crippen LogP contribution in [0.25, 0.3) is 0 Å². The van der Waals surface area contributed by atoms with Crippen LogP contribution in [-0.2, 0) is 18.8 Å². The van der Waals surface area contributed by atoms with Gasteiger partial charge in [-0.2, -0.15) is 0 Å². The van der Waals surface area contributed by atoms with Crippen molar-refractivity contribution in [3.05, 3.63) is 72.3 Å². The standard InChI is InChI=1S/C27H33NO4Si/c1-6-31-26(30)20-17-23-25(28(23)19(2)29)24(18-20)32-33(27(3,4)5,21-13-9-7-10-14-21)22-15-11-8-12-16-22/h7-17,23-25H,6,18H2,1-5H3/t23-,24+,25+,28?/m0/s1. The van der Waals surface area contributed by atoms with Crippen LogP contribution < -0.4 is 10.4 Å². The molecule has 3 atom stereocenters. The van der Waals surface area contributed by atoms with Gasteiger partial charge in [-0.1, -0.05) is 81.4 Å². The second kappa shape index (κ2) is 8.91. The SMILES string of the molecule is CCOC(=O)C1=C[C@H]2[C@H]([C@H](O[Si](c3ccccc3)(c3ccccc3)C(C)(C)C)C1)N2C(C)=O. The van der Waals surface area contributed by atoms with Crippen LogP contribution >= 0.6 is 0 Å². The van der Waals surface area contributed by atoms with Crippen molar-refractivity contribution in [2.45, 2.75) is 64.3 Å². The Balaban J connectivity index is 1.82. The summed E-state index contributed by atoms with van der Waals surface area (Å²) in [6, 6.07) is 20.7. The average Bonchev–Trinajstić information content (AvgIpc) is 3.53. The van der Waals surface area contributed by atoms with E-state index < -0.39 is 8.32 Å². The maximum absolute atomic E-state index is 12.6. The Labute approximate surface area is 197 Å². The van der Waals surface area contributed by atoms with Crippen molar-refractivity contribution in [2.24, 2.45) is 0 Å². The summed E-state index contributed by atoms with van der Waals surface area (Å²) in [6.45, 7) is 10.4. The summed E-state index contributed by atoms with van der Waals surface area (Å²) in [5.41, 5.74) is 0.602. The molecule has 1 aliphatic heterocycles. The van der Waals surface area contributed by atoms with Gasteiger partial charge in [0, 0.05) is 18.9 Å². The largest absolute Gasteiger partial charge is 0.463 e. The zero-order valence-corrected chi connectivity index (χ0v) is 21.1. The van der Waals surface area contributed by atoms with E-state index in [0.29, 0.717) is 18.6 Å². The molecule has 1 amide bonds. The number of rotatable bonds is 6. The van der Waals surface area contributed by atoms with Crippen molar-refractivity contribution >= 4 is 30.6 Å². The third-order valence-corrected chi connectivity index (χ3v) is 11.8. The summed E-state index contributed by atoms with van der Waals surface area (Å²) in [4.78, 5) is 26.8. The predicted octanol–water partition coefficient (Wildman–Crippen LogP) is 3.42. The molecule has 0 spiro atoms. The second-order valence-electron chi connectivity index (χ2n) is 9.84. The molecule has 2 aromatic rings. The maximum atomic E-state index is 12.6. The molecule has 6 heteroatoms. The number of esters is 1. The molecule has 1 fully saturated rings. The normalized spacial score (nSPS) is 22.3. The van der Waals surface area contributed by atoms with Crippen molar-refractivity contribution in [2.75, 3.05) is 6.61 Å². The zero-order valence-electron chi connectivity index (χ0n) is 20.1. The molecule has 174 valence electrons. The van der Waals surface area contributed by atoms with E-state index in [1.807, 2.05) is 23.1 Å². The van der Waals surface area contributed by atoms with Crippen LogP contribution in [0.3, 0.4) is 0 Å². The summed E-state index contributed by atoms with van der Waals surface area (Å²) in [5, 5.41) is 2.18. The van der Waals surface area contributed by atoms with E-state index in [-0.39, 0.29) is 35.1 Å². The number of nitrogens with zero attached hydrogens (tertiary/aromatic N) is 1. The highest BCUT2D eigenvalue weighted by molar-refractivity contribution is 6.99. The molecular formula is C27H33NO4Si. The van der Waals surface area contributed by atoms with Gasteiger partial charge in [0.1, 0.15) is 0 Å². The maximum Gasteiger partial charge on any atom is 0.333 e. The first-order valence-corrected chi connectivity index (χ1v) is 13.6. The monoisotopic (exact) mass is 463 g/mol. The Morgan fingerprint density at radius 2 is 1.55 bits per heavy atom. The van der Waals surface area contributed by atoms with Gasteiger partial charge in [-0.25, -0.2) is 4.79 Å². The number of benzene rings is 2. The van der Waals surface area contributed by atoms with Crippen LogP contribution in [0.15, 0.2) is 72.3 Å². The lowest BCUT2D eigenvalue weighted by molar-refractivity contribution is -0.139. The van der Waals surface area contributed by atoms with Crippen LogP contribution in [0, 0.1) is 0 Å². The van der Waals surface area contributed by atoms with Gasteiger partial charge in [0.05, 0.1) is 24.8 Å². The summed E-state index contributed by atoms with van der Waals surface area (Å²) >= 11 is 0. The van der Waals surface area contributed by atoms with Crippen LogP contribution in [0.1, 0.15) is 41.0 Å². The molecule has 1 saturated heterocycles. The molecular weight excluding hydrogens is 430 g/mol. The van der Waals surface area contributed by atoms with Gasteiger partial charge in [0.2, 0.25) is 5.91 Å². The van der Waals surface area contributed by atoms with Gasteiger partial charge in [0.15, 0.2) is 0 Å². The van der Waals surface area contributed by atoms with Crippen LogP contribution in [-0.4, -0.2) is 49.9 Å². The fourth-order valence-corrected chi connectivity index (χ4v) is 9.97. The fraction of sp³-hybridized carbons (Fsp3) is 0.407. The molecule has 2 aliphatic rings. The van der Waals surface area contributed by atoms with E-state index in [1.54, 1.807) is 13.8 Å². The lowest BCUT2D eigenvalue weighted by atomic mass is 9.97. The van der Waals surface area contributed by atoms with Gasteiger partial charge in [0.25, 0.3) is 8.32 Å². The van der Waals surface area contributed by atoms with Gasteiger partial charge in [-0.15, -0.1) is 0 Å². The predicted molar refractivity (Wildman–Crippen MR) is 132 cm³/mol. The van der Waals surface area contributed by atoms with Crippen molar-refractivity contribution < 1.29 is 18.8 Å². The summed E-state index contributed by atoms with van der Waals surface area (Å²) in [5.74, 6) is -0.315. The van der Waals surface area contributed by atoms with E-state index in [9.17, 15) is 9.59 Å². The third-order valence-electron chi connectivity index (χ3n) is 6.72. The molecule has 0 radical (unpaired) electrons. The average molecular weight is 464 g/mol. The quantitative estimate of drug-likeness (QED) is 0.374. The number of amides is 1. The first-order chi connectivity index (χ1) is 15.7. The van der Waals surface area contributed by atoms with Crippen molar-refractivity contribution in [1.29, 1.82) is 0 Å². The van der Waals surface area contributed by atoms with Crippen LogP contribution in [0.5, 0.6) is 0 Å². The minimum Gasteiger partial charge on any atom is -0.463 e. The lowest BCUT2D eigenvalue weighted by Crippen LogP contribution is -2.68. The topological polar surface area (TPSA) is 55.6 Å². The molecule has 0 aromatic heterocycles. The van der Waals surface area contributed by atoms with Crippen LogP contribution in [0.4, 0.5) is 0 Å². The molecule has 4 rings (SSSR count). The minimum atomic E-state index is -2.82. The number of carbonyl (C=O) groups is 2. The Kier molecular flexibility index (Phi) is 6.34. The second-order valence-corrected chi connectivity index (χ2v) is 14.1. The van der Waals surface area contributed by atoms with Crippen molar-refractivity contribution in [3.63, 3.8) is 0 Å². The van der Waals surface area contributed by atoms with Crippen molar-refractivity contribution in [3.8, 4) is 0 Å². The molecule has 0 unspecified atom stereocenters. The number of ether oxygens (including phenoxy) is 1. The van der Waals surface area contributed by atoms with E-state index in [1.165, 1.54) is 10.4 Å². The molecule has 2 aromatic carbocycles. The van der Waals surface area contributed by atoms with E-state index in [2.05, 4.69) is 69.3 Å². The van der Waals surface area contributed by atoms with E-state index >= 15 is 0 Å². The Morgan fingerprint density at radius 3 is 2.00 bits per heavy atom. The highest BCUT2D eigenvalue weighted by atomic mass is 28.4. The first kappa shape index (κ1) is 23.5. The van der Waals surface area contributed by atoms with E-state index in [0.717, 1.165) is 0 Å². The Morgan fingerprint density at radius 1 is 1.00 bits per heavy atom. The third kappa shape index (κ3) is 4.18. The van der Waals surface area contributed by atoms with Gasteiger partial charge in [-0.05, 0) is 28.4 Å². The molecule has 0 N–H and O–H groups in total. The Hall–Kier alpha value is -2.70. The molecule has 1 heterocycles. The Bertz CT molecular complexity index is 1010. The molecule has 5 nitrogen and oxygen atoms in total. The smallest absolute Gasteiger partial charge is 0.333 e. The summed E-state index contributed by atoms with van der Waals surface area (Å²) in [7, 11) is -2.82. The van der Waals surface area contributed by atoms with Gasteiger partial charge in [-0.3, -0.25) is 4.79 Å². The highest BCUT2D eigenvalue weighted by Crippen LogP contribution is 2.45. The van der Waals surface area contributed by atoms with E-state index in [4.69, 9.17) is 9.16 Å². The number of hydrogen-bond donors (Lipinski definition) is 0. The van der Waals surface area contributed by atoms with Crippen LogP contribution in [0.2, 0.25) is 5.04 Å². The minimum absolute atomic E-state index is 0.00223. The molecule has 0 bridgehead atoms. The first-order valence-electron chi connectivity index (χ1n) is 11.7. The molecule has 1 aliphatic carbocycles. The van der Waals surface area contributed by atoms with Crippen molar-refractivity contribution in [1.82, 2.24) is 4.90 Å². The number of carbonyl (C=O) groups excluding carboxylic acids is 2. The van der Waals surface area contributed by atoms with Gasteiger partial charge >= 0.3 is 5.97 Å².